The molecule has 0 saturated heterocycles. The molecule has 0 saturated carbocycles. The summed E-state index contributed by atoms with van der Waals surface area (Å²) < 4.78 is 68.8. The molecule has 33 heavy (non-hydrogen) atoms. The second-order valence-corrected chi connectivity index (χ2v) is 11.3. The number of ether oxygens (including phenoxy) is 2. The van der Waals surface area contributed by atoms with Crippen molar-refractivity contribution < 1.29 is 35.1 Å². The predicted octanol–water partition coefficient (Wildman–Crippen LogP) is 5.09. The van der Waals surface area contributed by atoms with Crippen molar-refractivity contribution in [1.82, 2.24) is 0 Å². The molecule has 0 unspecified atom stereocenters. The molecule has 10 heteroatoms. The molecule has 0 aromatic heterocycles. The fraction of sp³-hybridized carbons (Fsp3) is 0.174. The topological polar surface area (TPSA) is 82.5 Å². The first-order chi connectivity index (χ1) is 15.8. The highest BCUT2D eigenvalue weighted by Crippen LogP contribution is 2.68. The number of hydrogen-bond donors (Lipinski definition) is 0. The number of rotatable bonds is 10. The van der Waals surface area contributed by atoms with Crippen LogP contribution in [0.5, 0.6) is 0 Å². The minimum Gasteiger partial charge on any atom is -0.458 e. The van der Waals surface area contributed by atoms with Gasteiger partial charge in [-0.3, -0.25) is 3.63 Å². The number of carbonyl (C=O) groups is 1. The first kappa shape index (κ1) is 24.8. The van der Waals surface area contributed by atoms with Crippen molar-refractivity contribution in [2.75, 3.05) is 20.3 Å². The van der Waals surface area contributed by atoms with Crippen molar-refractivity contribution in [3.05, 3.63) is 91.0 Å². The van der Waals surface area contributed by atoms with E-state index in [2.05, 4.69) is 13.1 Å². The van der Waals surface area contributed by atoms with Crippen LogP contribution in [-0.4, -0.2) is 43.6 Å². The summed E-state index contributed by atoms with van der Waals surface area (Å²) >= 11 is 0. The maximum Gasteiger partial charge on any atom is 0.514 e. The van der Waals surface area contributed by atoms with Gasteiger partial charge in [0.25, 0.3) is 0 Å². The molecule has 0 spiro atoms. The lowest BCUT2D eigenvalue weighted by Crippen LogP contribution is -2.42. The smallest absolute Gasteiger partial charge is 0.458 e. The lowest BCUT2D eigenvalue weighted by molar-refractivity contribution is -0.162. The molecule has 0 fully saturated rings. The van der Waals surface area contributed by atoms with Gasteiger partial charge in [0.2, 0.25) is 0 Å². The Hall–Kier alpha value is -2.79. The van der Waals surface area contributed by atoms with Crippen LogP contribution in [-0.2, 0) is 24.4 Å². The van der Waals surface area contributed by atoms with E-state index >= 15 is 0 Å². The number of alkyl halides is 2. The summed E-state index contributed by atoms with van der Waals surface area (Å²) in [7, 11) is -7.51. The van der Waals surface area contributed by atoms with Gasteiger partial charge in [0.15, 0.2) is 0 Å². The van der Waals surface area contributed by atoms with Crippen LogP contribution < -0.4 is 0 Å². The van der Waals surface area contributed by atoms with Gasteiger partial charge in [-0.1, -0.05) is 54.6 Å². The average Bonchev–Trinajstić information content (AvgIpc) is 2.84. The van der Waals surface area contributed by atoms with E-state index in [0.29, 0.717) is 14.7 Å². The molecule has 0 aliphatic carbocycles. The molecule has 0 aliphatic rings. The van der Waals surface area contributed by atoms with Crippen LogP contribution in [0.25, 0.3) is 0 Å². The molecule has 176 valence electrons. The maximum atomic E-state index is 14.9. The molecule has 3 rings (SSSR count). The molecular weight excluding hydrogens is 474 g/mol. The van der Waals surface area contributed by atoms with E-state index in [9.17, 15) is 22.0 Å². The van der Waals surface area contributed by atoms with E-state index in [0.717, 1.165) is 0 Å². The van der Waals surface area contributed by atoms with E-state index in [1.807, 2.05) is 0 Å². The number of methoxy groups -OCH3 is 1. The normalized spacial score (nSPS) is 12.8. The summed E-state index contributed by atoms with van der Waals surface area (Å²) in [5, 5.41) is -4.89. The average molecular weight is 498 g/mol. The summed E-state index contributed by atoms with van der Waals surface area (Å²) in [6, 6.07) is 25.0. The van der Waals surface area contributed by atoms with Gasteiger partial charge in [-0.2, -0.15) is 8.78 Å². The van der Waals surface area contributed by atoms with E-state index in [1.165, 1.54) is 7.11 Å². The second kappa shape index (κ2) is 10.4. The summed E-state index contributed by atoms with van der Waals surface area (Å²) in [4.78, 5) is 13.3. The summed E-state index contributed by atoms with van der Waals surface area (Å²) in [5.74, 6) is -2.20. The Bertz CT molecular complexity index is 1060. The van der Waals surface area contributed by atoms with E-state index in [4.69, 9.17) is 0 Å². The van der Waals surface area contributed by atoms with Crippen molar-refractivity contribution in [2.45, 2.75) is 19.9 Å². The number of hydrogen-bond acceptors (Lipinski definition) is 5. The standard InChI is InChI=1S/C23H22F2O6S2/c1-29-17-18-30-22(26)23(24,25)33(27,28)31-32(19-11-5-2-6-12-19,20-13-7-3-8-14-20)21-15-9-4-10-16-21/h2-16H,17-18H2,1H3/p+1. The quantitative estimate of drug-likeness (QED) is 0.169. The maximum absolute atomic E-state index is 14.9. The summed E-state index contributed by atoms with van der Waals surface area (Å²) in [5.41, 5.74) is 0. The fourth-order valence-electron chi connectivity index (χ4n) is 2.99. The molecule has 3 aromatic carbocycles. The largest absolute Gasteiger partial charge is 0.514 e. The molecule has 0 atom stereocenters. The Morgan fingerprint density at radius 3 is 1.55 bits per heavy atom. The number of benzene rings is 3. The van der Waals surface area contributed by atoms with Crippen LogP contribution in [0.15, 0.2) is 106 Å². The highest BCUT2D eigenvalue weighted by molar-refractivity contribution is 8.32. The van der Waals surface area contributed by atoms with Gasteiger partial charge in [-0.15, -0.1) is 8.42 Å². The number of esters is 1. The molecule has 0 bridgehead atoms. The lowest BCUT2D eigenvalue weighted by atomic mass is 10.4. The third kappa shape index (κ3) is 5.09. The van der Waals surface area contributed by atoms with Gasteiger partial charge in [-0.25, -0.2) is 4.79 Å². The first-order valence-corrected chi connectivity index (χ1v) is 12.8. The Balaban J connectivity index is 2.19. The zero-order valence-corrected chi connectivity index (χ0v) is 19.3. The van der Waals surface area contributed by atoms with Gasteiger partial charge in [0.1, 0.15) is 6.61 Å². The predicted molar refractivity (Wildman–Crippen MR) is 121 cm³/mol. The molecule has 0 aliphatic heterocycles. The Labute approximate surface area is 192 Å². The zero-order valence-electron chi connectivity index (χ0n) is 17.6. The highest BCUT2D eigenvalue weighted by Gasteiger charge is 2.63. The van der Waals surface area contributed by atoms with Crippen molar-refractivity contribution >= 4 is 26.4 Å². The molecule has 1 N–H and O–H groups in total. The van der Waals surface area contributed by atoms with Crippen LogP contribution in [0.2, 0.25) is 0 Å². The van der Waals surface area contributed by atoms with Crippen LogP contribution in [0.3, 0.4) is 0 Å². The molecule has 6 nitrogen and oxygen atoms in total. The van der Waals surface area contributed by atoms with E-state index in [-0.39, 0.29) is 6.61 Å². The summed E-state index contributed by atoms with van der Waals surface area (Å²) in [6.07, 6.45) is 0. The molecular formula is C23H23F2O6S2+. The SMILES string of the molecule is COCCOC(=O)C(F)(F)S(=O)(=O)[OH+]S(c1ccccc1)(c1ccccc1)c1ccccc1. The van der Waals surface area contributed by atoms with Crippen molar-refractivity contribution in [3.63, 3.8) is 0 Å². The van der Waals surface area contributed by atoms with Crippen LogP contribution >= 0.6 is 10.3 Å². The number of halogens is 2. The van der Waals surface area contributed by atoms with Gasteiger partial charge in [0, 0.05) is 7.11 Å². The van der Waals surface area contributed by atoms with Gasteiger partial charge < -0.3 is 9.47 Å². The Kier molecular flexibility index (Phi) is 7.85. The minimum absolute atomic E-state index is 0.160. The minimum atomic E-state index is -5.68. The Morgan fingerprint density at radius 1 is 0.788 bits per heavy atom. The van der Waals surface area contributed by atoms with Crippen LogP contribution in [0.4, 0.5) is 8.78 Å². The van der Waals surface area contributed by atoms with Crippen molar-refractivity contribution in [2.24, 2.45) is 0 Å². The van der Waals surface area contributed by atoms with E-state index in [1.54, 1.807) is 91.0 Å². The van der Waals surface area contributed by atoms with E-state index < -0.39 is 38.3 Å². The third-order valence-electron chi connectivity index (χ3n) is 4.55. The molecule has 0 radical (unpaired) electrons. The molecule has 3 aromatic rings. The van der Waals surface area contributed by atoms with Gasteiger partial charge in [-0.05, 0) is 36.4 Å². The molecule has 0 amide bonds. The van der Waals surface area contributed by atoms with Crippen molar-refractivity contribution in [1.29, 1.82) is 0 Å². The van der Waals surface area contributed by atoms with Crippen LogP contribution in [0, 0.1) is 0 Å². The van der Waals surface area contributed by atoms with Gasteiger partial charge in [0.05, 0.1) is 31.6 Å². The monoisotopic (exact) mass is 497 g/mol. The lowest BCUT2D eigenvalue weighted by Gasteiger charge is -2.35. The first-order valence-electron chi connectivity index (χ1n) is 9.77. The second-order valence-electron chi connectivity index (χ2n) is 6.71. The highest BCUT2D eigenvalue weighted by atomic mass is 32.3. The van der Waals surface area contributed by atoms with Crippen LogP contribution in [0.1, 0.15) is 0 Å². The van der Waals surface area contributed by atoms with Crippen molar-refractivity contribution in [3.8, 4) is 0 Å². The zero-order chi connectivity index (χ0) is 24.0. The Morgan fingerprint density at radius 2 is 1.18 bits per heavy atom. The number of carbonyl (C=O) groups excluding carboxylic acids is 1. The summed E-state index contributed by atoms with van der Waals surface area (Å²) in [6.45, 7) is -0.680. The fourth-order valence-corrected chi connectivity index (χ4v) is 8.31. The molecule has 0 heterocycles. The van der Waals surface area contributed by atoms with Gasteiger partial charge >= 0.3 is 21.3 Å². The third-order valence-corrected chi connectivity index (χ3v) is 9.90.